The van der Waals surface area contributed by atoms with Crippen LogP contribution in [0.4, 0.5) is 0 Å². The van der Waals surface area contributed by atoms with E-state index in [0.717, 1.165) is 22.8 Å². The molecule has 0 saturated heterocycles. The van der Waals surface area contributed by atoms with Crippen LogP contribution in [0.3, 0.4) is 0 Å². The molecule has 2 aromatic rings. The van der Waals surface area contributed by atoms with Gasteiger partial charge in [-0.25, -0.2) is 4.98 Å². The Bertz CT molecular complexity index is 579. The highest BCUT2D eigenvalue weighted by molar-refractivity contribution is 5.46. The lowest BCUT2D eigenvalue weighted by Crippen LogP contribution is -2.09. The predicted molar refractivity (Wildman–Crippen MR) is 82.4 cm³/mol. The maximum absolute atomic E-state index is 5.98. The standard InChI is InChI=1S/C16H23N3O2/c1-4-20-15-7-5-6-13(8-17)16(15)21-10-14-9-18-11-19(14)12(2)3/h5-7,9,11-12H,4,8,10,17H2,1-3H3. The van der Waals surface area contributed by atoms with Gasteiger partial charge >= 0.3 is 0 Å². The Morgan fingerprint density at radius 2 is 2.10 bits per heavy atom. The van der Waals surface area contributed by atoms with Crippen LogP contribution in [-0.2, 0) is 13.2 Å². The third-order valence-electron chi connectivity index (χ3n) is 3.25. The maximum Gasteiger partial charge on any atom is 0.166 e. The molecule has 114 valence electrons. The minimum Gasteiger partial charge on any atom is -0.490 e. The zero-order valence-electron chi connectivity index (χ0n) is 12.9. The van der Waals surface area contributed by atoms with Crippen LogP contribution in [0.1, 0.15) is 38.1 Å². The van der Waals surface area contributed by atoms with E-state index in [4.69, 9.17) is 15.2 Å². The molecule has 0 aliphatic heterocycles. The van der Waals surface area contributed by atoms with Crippen molar-refractivity contribution in [3.05, 3.63) is 42.0 Å². The summed E-state index contributed by atoms with van der Waals surface area (Å²) in [6.07, 6.45) is 3.65. The molecule has 0 saturated carbocycles. The quantitative estimate of drug-likeness (QED) is 0.851. The number of nitrogens with zero attached hydrogens (tertiary/aromatic N) is 2. The molecular weight excluding hydrogens is 266 g/mol. The van der Waals surface area contributed by atoms with E-state index in [0.29, 0.717) is 25.8 Å². The first-order chi connectivity index (χ1) is 10.2. The zero-order chi connectivity index (χ0) is 15.2. The molecule has 0 spiro atoms. The summed E-state index contributed by atoms with van der Waals surface area (Å²) in [5, 5.41) is 0. The van der Waals surface area contributed by atoms with Gasteiger partial charge in [0.15, 0.2) is 11.5 Å². The van der Waals surface area contributed by atoms with Crippen LogP contribution in [0.25, 0.3) is 0 Å². The first-order valence-corrected chi connectivity index (χ1v) is 7.25. The van der Waals surface area contributed by atoms with Crippen molar-refractivity contribution in [1.29, 1.82) is 0 Å². The molecule has 0 aliphatic rings. The largest absolute Gasteiger partial charge is 0.490 e. The molecule has 0 fully saturated rings. The lowest BCUT2D eigenvalue weighted by Gasteiger charge is -2.17. The summed E-state index contributed by atoms with van der Waals surface area (Å²) in [5.74, 6) is 1.45. The van der Waals surface area contributed by atoms with E-state index in [2.05, 4.69) is 23.4 Å². The van der Waals surface area contributed by atoms with E-state index in [1.54, 1.807) is 0 Å². The summed E-state index contributed by atoms with van der Waals surface area (Å²) in [6.45, 7) is 7.63. The van der Waals surface area contributed by atoms with Gasteiger partial charge in [-0.15, -0.1) is 0 Å². The van der Waals surface area contributed by atoms with Gasteiger partial charge in [-0.05, 0) is 26.8 Å². The first kappa shape index (κ1) is 15.4. The van der Waals surface area contributed by atoms with Crippen LogP contribution in [0.15, 0.2) is 30.7 Å². The molecule has 0 bridgehead atoms. The molecule has 0 radical (unpaired) electrons. The summed E-state index contributed by atoms with van der Waals surface area (Å²) in [5.41, 5.74) is 7.76. The fourth-order valence-electron chi connectivity index (χ4n) is 2.21. The third kappa shape index (κ3) is 3.55. The molecule has 1 aromatic heterocycles. The smallest absolute Gasteiger partial charge is 0.166 e. The van der Waals surface area contributed by atoms with Crippen molar-refractivity contribution in [2.45, 2.75) is 40.0 Å². The number of hydrogen-bond acceptors (Lipinski definition) is 4. The molecule has 0 atom stereocenters. The van der Waals surface area contributed by atoms with E-state index < -0.39 is 0 Å². The van der Waals surface area contributed by atoms with Crippen LogP contribution in [-0.4, -0.2) is 16.2 Å². The first-order valence-electron chi connectivity index (χ1n) is 7.25. The van der Waals surface area contributed by atoms with Gasteiger partial charge < -0.3 is 19.8 Å². The zero-order valence-corrected chi connectivity index (χ0v) is 12.9. The number of nitrogens with two attached hydrogens (primary N) is 1. The van der Waals surface area contributed by atoms with Crippen molar-refractivity contribution in [3.8, 4) is 11.5 Å². The van der Waals surface area contributed by atoms with E-state index >= 15 is 0 Å². The van der Waals surface area contributed by atoms with Crippen LogP contribution < -0.4 is 15.2 Å². The number of rotatable bonds is 7. The van der Waals surface area contributed by atoms with E-state index in [1.807, 2.05) is 37.6 Å². The van der Waals surface area contributed by atoms with Crippen LogP contribution in [0.5, 0.6) is 11.5 Å². The number of para-hydroxylation sites is 1. The number of imidazole rings is 1. The summed E-state index contributed by atoms with van der Waals surface area (Å²) in [6, 6.07) is 6.13. The van der Waals surface area contributed by atoms with Gasteiger partial charge in [0.2, 0.25) is 0 Å². The molecular formula is C16H23N3O2. The Kier molecular flexibility index (Phi) is 5.22. The Balaban J connectivity index is 2.20. The topological polar surface area (TPSA) is 62.3 Å². The number of aromatic nitrogens is 2. The normalized spacial score (nSPS) is 10.9. The van der Waals surface area contributed by atoms with Gasteiger partial charge in [0.25, 0.3) is 0 Å². The fourth-order valence-corrected chi connectivity index (χ4v) is 2.21. The number of benzene rings is 1. The predicted octanol–water partition coefficient (Wildman–Crippen LogP) is 2.90. The Morgan fingerprint density at radius 1 is 1.29 bits per heavy atom. The van der Waals surface area contributed by atoms with Crippen molar-refractivity contribution in [1.82, 2.24) is 9.55 Å². The minimum atomic E-state index is 0.349. The van der Waals surface area contributed by atoms with Crippen molar-refractivity contribution < 1.29 is 9.47 Å². The molecule has 1 heterocycles. The molecule has 5 heteroatoms. The molecule has 0 aliphatic carbocycles. The second-order valence-electron chi connectivity index (χ2n) is 5.06. The van der Waals surface area contributed by atoms with Crippen molar-refractivity contribution >= 4 is 0 Å². The highest BCUT2D eigenvalue weighted by Gasteiger charge is 2.12. The second-order valence-corrected chi connectivity index (χ2v) is 5.06. The van der Waals surface area contributed by atoms with Gasteiger partial charge in [-0.1, -0.05) is 12.1 Å². The van der Waals surface area contributed by atoms with Gasteiger partial charge in [0, 0.05) is 18.2 Å². The van der Waals surface area contributed by atoms with E-state index in [1.165, 1.54) is 0 Å². The monoisotopic (exact) mass is 289 g/mol. The van der Waals surface area contributed by atoms with Crippen molar-refractivity contribution in [2.24, 2.45) is 5.73 Å². The molecule has 0 unspecified atom stereocenters. The fraction of sp³-hybridized carbons (Fsp3) is 0.438. The molecule has 2 rings (SSSR count). The highest BCUT2D eigenvalue weighted by atomic mass is 16.5. The van der Waals surface area contributed by atoms with Crippen molar-refractivity contribution in [2.75, 3.05) is 6.61 Å². The molecule has 0 amide bonds. The average molecular weight is 289 g/mol. The summed E-state index contributed by atoms with van der Waals surface area (Å²) < 4.78 is 13.7. The highest BCUT2D eigenvalue weighted by Crippen LogP contribution is 2.32. The third-order valence-corrected chi connectivity index (χ3v) is 3.25. The van der Waals surface area contributed by atoms with Gasteiger partial charge in [0.05, 0.1) is 24.8 Å². The second kappa shape index (κ2) is 7.13. The molecule has 21 heavy (non-hydrogen) atoms. The summed E-state index contributed by atoms with van der Waals surface area (Å²) in [4.78, 5) is 4.18. The van der Waals surface area contributed by atoms with E-state index in [9.17, 15) is 0 Å². The Morgan fingerprint density at radius 3 is 2.76 bits per heavy atom. The SMILES string of the molecule is CCOc1cccc(CN)c1OCc1cncn1C(C)C. The van der Waals surface area contributed by atoms with E-state index in [-0.39, 0.29) is 0 Å². The lowest BCUT2D eigenvalue weighted by atomic mass is 10.2. The summed E-state index contributed by atoms with van der Waals surface area (Å²) >= 11 is 0. The Hall–Kier alpha value is -2.01. The summed E-state index contributed by atoms with van der Waals surface area (Å²) in [7, 11) is 0. The van der Waals surface area contributed by atoms with Gasteiger partial charge in [-0.3, -0.25) is 0 Å². The Labute approximate surface area is 125 Å². The average Bonchev–Trinajstić information content (AvgIpc) is 2.94. The molecule has 1 aromatic carbocycles. The van der Waals surface area contributed by atoms with Gasteiger partial charge in [-0.2, -0.15) is 0 Å². The van der Waals surface area contributed by atoms with Crippen LogP contribution in [0.2, 0.25) is 0 Å². The van der Waals surface area contributed by atoms with Crippen molar-refractivity contribution in [3.63, 3.8) is 0 Å². The lowest BCUT2D eigenvalue weighted by molar-refractivity contribution is 0.259. The van der Waals surface area contributed by atoms with Gasteiger partial charge in [0.1, 0.15) is 6.61 Å². The van der Waals surface area contributed by atoms with Crippen LogP contribution in [0, 0.1) is 0 Å². The molecule has 5 nitrogen and oxygen atoms in total. The number of hydrogen-bond donors (Lipinski definition) is 1. The number of ether oxygens (including phenoxy) is 2. The van der Waals surface area contributed by atoms with Crippen LogP contribution >= 0.6 is 0 Å². The maximum atomic E-state index is 5.98. The minimum absolute atomic E-state index is 0.349. The molecule has 2 N–H and O–H groups in total.